The molecule has 6 heteroatoms. The van der Waals surface area contributed by atoms with E-state index in [0.29, 0.717) is 39.1 Å². The predicted molar refractivity (Wildman–Crippen MR) is 102 cm³/mol. The van der Waals surface area contributed by atoms with Crippen LogP contribution in [0, 0.1) is 0 Å². The topological polar surface area (TPSA) is 57.7 Å². The summed E-state index contributed by atoms with van der Waals surface area (Å²) < 4.78 is 26.7. The maximum atomic E-state index is 12.6. The van der Waals surface area contributed by atoms with E-state index in [1.165, 1.54) is 0 Å². The molecule has 0 bridgehead atoms. The van der Waals surface area contributed by atoms with Crippen molar-refractivity contribution in [2.75, 3.05) is 32.7 Å². The van der Waals surface area contributed by atoms with Crippen molar-refractivity contribution in [3.63, 3.8) is 0 Å². The molecule has 0 saturated carbocycles. The summed E-state index contributed by atoms with van der Waals surface area (Å²) in [5.41, 5.74) is 1.54. The summed E-state index contributed by atoms with van der Waals surface area (Å²) in [5.74, 6) is 0.171. The van der Waals surface area contributed by atoms with Crippen LogP contribution in [0.15, 0.2) is 60.7 Å². The highest BCUT2D eigenvalue weighted by Crippen LogP contribution is 2.14. The van der Waals surface area contributed by atoms with Gasteiger partial charge in [-0.3, -0.25) is 4.79 Å². The molecule has 1 heterocycles. The van der Waals surface area contributed by atoms with Gasteiger partial charge in [0.2, 0.25) is 10.0 Å². The number of carbonyl (C=O) groups excluding carboxylic acids is 1. The third-order valence-corrected chi connectivity index (χ3v) is 6.52. The summed E-state index contributed by atoms with van der Waals surface area (Å²) in [5, 5.41) is 0. The van der Waals surface area contributed by atoms with Crippen molar-refractivity contribution in [1.82, 2.24) is 9.21 Å². The number of benzene rings is 2. The molecule has 2 aromatic rings. The van der Waals surface area contributed by atoms with Gasteiger partial charge in [0.25, 0.3) is 0 Å². The van der Waals surface area contributed by atoms with E-state index < -0.39 is 10.0 Å². The summed E-state index contributed by atoms with van der Waals surface area (Å²) in [6.45, 7) is 2.95. The van der Waals surface area contributed by atoms with Gasteiger partial charge in [0.15, 0.2) is 5.78 Å². The number of piperazine rings is 1. The van der Waals surface area contributed by atoms with Crippen LogP contribution in [0.4, 0.5) is 0 Å². The largest absolute Gasteiger partial charge is 0.300 e. The Morgan fingerprint density at radius 3 is 2.04 bits per heavy atom. The summed E-state index contributed by atoms with van der Waals surface area (Å²) in [4.78, 5) is 14.3. The first kappa shape index (κ1) is 18.8. The van der Waals surface area contributed by atoms with E-state index in [4.69, 9.17) is 0 Å². The Morgan fingerprint density at radius 2 is 1.42 bits per heavy atom. The molecule has 0 radical (unpaired) electrons. The molecule has 1 saturated heterocycles. The lowest BCUT2D eigenvalue weighted by molar-refractivity contribution is 0.0952. The standard InChI is InChI=1S/C20H24N2O3S/c23-20(19-9-5-2-6-10-19)11-12-21-13-15-22(16-14-21)26(24,25)17-18-7-3-1-4-8-18/h1-10H,11-17H2. The molecule has 0 aliphatic carbocycles. The number of nitrogens with zero attached hydrogens (tertiary/aromatic N) is 2. The van der Waals surface area contributed by atoms with Gasteiger partial charge < -0.3 is 4.90 Å². The van der Waals surface area contributed by atoms with Crippen LogP contribution in [0.2, 0.25) is 0 Å². The number of sulfonamides is 1. The fourth-order valence-electron chi connectivity index (χ4n) is 3.14. The van der Waals surface area contributed by atoms with Gasteiger partial charge in [-0.15, -0.1) is 0 Å². The molecule has 0 N–H and O–H groups in total. The fourth-order valence-corrected chi connectivity index (χ4v) is 4.65. The SMILES string of the molecule is O=C(CCN1CCN(S(=O)(=O)Cc2ccccc2)CC1)c1ccccc1. The average molecular weight is 372 g/mol. The molecule has 138 valence electrons. The van der Waals surface area contributed by atoms with E-state index >= 15 is 0 Å². The third-order valence-electron chi connectivity index (χ3n) is 4.67. The second-order valence-electron chi connectivity index (χ2n) is 6.52. The summed E-state index contributed by atoms with van der Waals surface area (Å²) in [7, 11) is -3.29. The molecule has 0 spiro atoms. The Kier molecular flexibility index (Phi) is 6.19. The number of carbonyl (C=O) groups is 1. The normalized spacial score (nSPS) is 16.5. The minimum Gasteiger partial charge on any atom is -0.300 e. The van der Waals surface area contributed by atoms with Gasteiger partial charge in [0, 0.05) is 44.7 Å². The van der Waals surface area contributed by atoms with Gasteiger partial charge in [-0.25, -0.2) is 8.42 Å². The van der Waals surface area contributed by atoms with E-state index in [2.05, 4.69) is 4.90 Å². The van der Waals surface area contributed by atoms with Crippen molar-refractivity contribution in [3.05, 3.63) is 71.8 Å². The quantitative estimate of drug-likeness (QED) is 0.701. The zero-order chi connectivity index (χ0) is 18.4. The van der Waals surface area contributed by atoms with Crippen molar-refractivity contribution in [2.45, 2.75) is 12.2 Å². The molecule has 26 heavy (non-hydrogen) atoms. The number of hydrogen-bond donors (Lipinski definition) is 0. The zero-order valence-corrected chi connectivity index (χ0v) is 15.6. The monoisotopic (exact) mass is 372 g/mol. The van der Waals surface area contributed by atoms with Crippen LogP contribution in [-0.4, -0.2) is 56.1 Å². The Hall–Kier alpha value is -2.02. The molecule has 5 nitrogen and oxygen atoms in total. The predicted octanol–water partition coefficient (Wildman–Crippen LogP) is 2.41. The first-order valence-electron chi connectivity index (χ1n) is 8.87. The van der Waals surface area contributed by atoms with Gasteiger partial charge in [-0.2, -0.15) is 4.31 Å². The van der Waals surface area contributed by atoms with E-state index in [0.717, 1.165) is 11.1 Å². The molecular weight excluding hydrogens is 348 g/mol. The highest BCUT2D eigenvalue weighted by molar-refractivity contribution is 7.88. The minimum absolute atomic E-state index is 0.0420. The second kappa shape index (κ2) is 8.58. The number of Topliss-reactive ketones (excluding diaryl/α,β-unsaturated/α-hetero) is 1. The van der Waals surface area contributed by atoms with Crippen LogP contribution in [-0.2, 0) is 15.8 Å². The van der Waals surface area contributed by atoms with Gasteiger partial charge in [-0.05, 0) is 5.56 Å². The molecule has 0 amide bonds. The van der Waals surface area contributed by atoms with Crippen molar-refractivity contribution >= 4 is 15.8 Å². The third kappa shape index (κ3) is 5.00. The highest BCUT2D eigenvalue weighted by atomic mass is 32.2. The summed E-state index contributed by atoms with van der Waals surface area (Å²) in [6.07, 6.45) is 0.459. The van der Waals surface area contributed by atoms with Gasteiger partial charge in [0.1, 0.15) is 0 Å². The lowest BCUT2D eigenvalue weighted by atomic mass is 10.1. The van der Waals surface area contributed by atoms with Crippen molar-refractivity contribution in [3.8, 4) is 0 Å². The smallest absolute Gasteiger partial charge is 0.218 e. The average Bonchev–Trinajstić information content (AvgIpc) is 2.67. The second-order valence-corrected chi connectivity index (χ2v) is 8.49. The van der Waals surface area contributed by atoms with Crippen LogP contribution in [0.1, 0.15) is 22.3 Å². The Bertz CT molecular complexity index is 815. The van der Waals surface area contributed by atoms with E-state index in [-0.39, 0.29) is 11.5 Å². The molecule has 0 aromatic heterocycles. The van der Waals surface area contributed by atoms with Crippen LogP contribution in [0.3, 0.4) is 0 Å². The molecule has 0 atom stereocenters. The number of ketones is 1. The van der Waals surface area contributed by atoms with Gasteiger partial charge >= 0.3 is 0 Å². The fraction of sp³-hybridized carbons (Fsp3) is 0.350. The molecule has 3 rings (SSSR count). The molecule has 1 aliphatic heterocycles. The zero-order valence-electron chi connectivity index (χ0n) is 14.8. The molecule has 2 aromatic carbocycles. The molecular formula is C20H24N2O3S. The van der Waals surface area contributed by atoms with Crippen LogP contribution in [0.25, 0.3) is 0 Å². The van der Waals surface area contributed by atoms with E-state index in [1.54, 1.807) is 4.31 Å². The minimum atomic E-state index is -3.29. The Morgan fingerprint density at radius 1 is 0.846 bits per heavy atom. The van der Waals surface area contributed by atoms with Crippen molar-refractivity contribution in [1.29, 1.82) is 0 Å². The molecule has 0 unspecified atom stereocenters. The van der Waals surface area contributed by atoms with E-state index in [1.807, 2.05) is 60.7 Å². The van der Waals surface area contributed by atoms with Gasteiger partial charge in [0.05, 0.1) is 5.75 Å². The van der Waals surface area contributed by atoms with Crippen LogP contribution < -0.4 is 0 Å². The molecule has 1 fully saturated rings. The highest BCUT2D eigenvalue weighted by Gasteiger charge is 2.27. The Labute approximate surface area is 155 Å². The number of rotatable bonds is 7. The Balaban J connectivity index is 1.47. The molecule has 1 aliphatic rings. The maximum Gasteiger partial charge on any atom is 0.218 e. The maximum absolute atomic E-state index is 12.6. The summed E-state index contributed by atoms with van der Waals surface area (Å²) >= 11 is 0. The van der Waals surface area contributed by atoms with Crippen molar-refractivity contribution < 1.29 is 13.2 Å². The first-order chi connectivity index (χ1) is 12.5. The van der Waals surface area contributed by atoms with Crippen molar-refractivity contribution in [2.24, 2.45) is 0 Å². The van der Waals surface area contributed by atoms with Crippen LogP contribution in [0.5, 0.6) is 0 Å². The van der Waals surface area contributed by atoms with E-state index in [9.17, 15) is 13.2 Å². The summed E-state index contributed by atoms with van der Waals surface area (Å²) in [6, 6.07) is 18.5. The van der Waals surface area contributed by atoms with Crippen LogP contribution >= 0.6 is 0 Å². The lowest BCUT2D eigenvalue weighted by Crippen LogP contribution is -2.49. The lowest BCUT2D eigenvalue weighted by Gasteiger charge is -2.33. The van der Waals surface area contributed by atoms with Gasteiger partial charge in [-0.1, -0.05) is 60.7 Å². The first-order valence-corrected chi connectivity index (χ1v) is 10.5. The number of hydrogen-bond acceptors (Lipinski definition) is 4.